The summed E-state index contributed by atoms with van der Waals surface area (Å²) < 4.78 is 23.1. The Balaban J connectivity index is 3.23. The van der Waals surface area contributed by atoms with Crippen LogP contribution >= 0.6 is 10.7 Å². The lowest BCUT2D eigenvalue weighted by Crippen LogP contribution is -1.92. The molecule has 5 heteroatoms. The van der Waals surface area contributed by atoms with Crippen molar-refractivity contribution in [3.8, 4) is 0 Å². The van der Waals surface area contributed by atoms with E-state index in [0.717, 1.165) is 12.3 Å². The Morgan fingerprint density at radius 2 is 2.36 bits per heavy atom. The predicted octanol–water partition coefficient (Wildman–Crippen LogP) is 1.79. The topological polar surface area (TPSA) is 30.0 Å². The van der Waals surface area contributed by atoms with Gasteiger partial charge in [0.2, 0.25) is 0 Å². The van der Waals surface area contributed by atoms with Crippen LogP contribution in [-0.2, 0) is 10.0 Å². The minimum absolute atomic E-state index is 0.228. The Kier molecular flexibility index (Phi) is 2.57. The normalized spacial score (nSPS) is 13.0. The Labute approximate surface area is 70.4 Å². The van der Waals surface area contributed by atoms with E-state index < -0.39 is 15.8 Å². The maximum Gasteiger partial charge on any atom is 0.149 e. The summed E-state index contributed by atoms with van der Waals surface area (Å²) in [4.78, 5) is 3.88. The Morgan fingerprint density at radius 3 is 2.82 bits per heavy atom. The van der Waals surface area contributed by atoms with Gasteiger partial charge in [0.15, 0.2) is 0 Å². The fourth-order valence-corrected chi connectivity index (χ4v) is 1.61. The monoisotopic (exact) mass is 193 g/mol. The van der Waals surface area contributed by atoms with Crippen LogP contribution in [0.4, 0.5) is 4.39 Å². The van der Waals surface area contributed by atoms with Crippen molar-refractivity contribution >= 4 is 20.7 Å². The molecule has 0 aromatic carbocycles. The van der Waals surface area contributed by atoms with Crippen molar-refractivity contribution in [2.75, 3.05) is 0 Å². The molecule has 0 saturated carbocycles. The minimum atomic E-state index is -1.68. The molecule has 0 amide bonds. The van der Waals surface area contributed by atoms with E-state index in [1.54, 1.807) is 6.92 Å². The first-order valence-electron chi connectivity index (χ1n) is 2.81. The van der Waals surface area contributed by atoms with Gasteiger partial charge in [0.05, 0.1) is 16.8 Å². The molecule has 1 rings (SSSR count). The van der Waals surface area contributed by atoms with Crippen molar-refractivity contribution in [2.24, 2.45) is 0 Å². The van der Waals surface area contributed by atoms with Gasteiger partial charge in [-0.2, -0.15) is 0 Å². The molecule has 0 aliphatic rings. The molecule has 0 fully saturated rings. The van der Waals surface area contributed by atoms with Gasteiger partial charge in [-0.15, -0.1) is 0 Å². The molecule has 1 heterocycles. The van der Waals surface area contributed by atoms with Crippen molar-refractivity contribution in [1.82, 2.24) is 4.98 Å². The van der Waals surface area contributed by atoms with E-state index in [0.29, 0.717) is 5.69 Å². The third-order valence-electron chi connectivity index (χ3n) is 1.18. The summed E-state index contributed by atoms with van der Waals surface area (Å²) in [5, 5.41) is 0. The molecule has 0 N–H and O–H groups in total. The Morgan fingerprint density at radius 1 is 1.73 bits per heavy atom. The lowest BCUT2D eigenvalue weighted by Gasteiger charge is -1.97. The Hall–Kier alpha value is -0.480. The van der Waals surface area contributed by atoms with Gasteiger partial charge in [-0.05, 0) is 23.7 Å². The predicted molar refractivity (Wildman–Crippen MR) is 41.2 cm³/mol. The van der Waals surface area contributed by atoms with Crippen molar-refractivity contribution in [2.45, 2.75) is 11.8 Å². The first-order valence-corrected chi connectivity index (χ1v) is 4.79. The van der Waals surface area contributed by atoms with E-state index in [-0.39, 0.29) is 4.90 Å². The quantitative estimate of drug-likeness (QED) is 0.637. The molecule has 60 valence electrons. The van der Waals surface area contributed by atoms with Crippen LogP contribution in [0.2, 0.25) is 0 Å². The van der Waals surface area contributed by atoms with Crippen molar-refractivity contribution in [1.29, 1.82) is 0 Å². The average molecular weight is 194 g/mol. The number of halogens is 2. The van der Waals surface area contributed by atoms with Crippen molar-refractivity contribution in [3.05, 3.63) is 23.8 Å². The van der Waals surface area contributed by atoms with E-state index >= 15 is 0 Å². The third-order valence-corrected chi connectivity index (χ3v) is 2.44. The number of hydrogen-bond acceptors (Lipinski definition) is 2. The lowest BCUT2D eigenvalue weighted by atomic mass is 10.4. The van der Waals surface area contributed by atoms with Gasteiger partial charge < -0.3 is 0 Å². The van der Waals surface area contributed by atoms with Crippen molar-refractivity contribution < 1.29 is 8.60 Å². The molecule has 0 aliphatic carbocycles. The zero-order valence-corrected chi connectivity index (χ0v) is 7.25. The average Bonchev–Trinajstić information content (AvgIpc) is 1.94. The molecule has 0 spiro atoms. The summed E-state index contributed by atoms with van der Waals surface area (Å²) in [5.41, 5.74) is 0.486. The van der Waals surface area contributed by atoms with E-state index in [1.165, 1.54) is 0 Å². The lowest BCUT2D eigenvalue weighted by molar-refractivity contribution is 0.613. The summed E-state index contributed by atoms with van der Waals surface area (Å²) in [6.07, 6.45) is 1.06. The van der Waals surface area contributed by atoms with Crippen LogP contribution in [0.25, 0.3) is 0 Å². The molecular formula is C6H5ClFNOS. The van der Waals surface area contributed by atoms with Gasteiger partial charge in [0, 0.05) is 0 Å². The van der Waals surface area contributed by atoms with Crippen LogP contribution in [0.3, 0.4) is 0 Å². The number of hydrogen-bond donors (Lipinski definition) is 0. The van der Waals surface area contributed by atoms with E-state index in [2.05, 4.69) is 4.98 Å². The highest BCUT2D eigenvalue weighted by molar-refractivity contribution is 8.08. The smallest absolute Gasteiger partial charge is 0.149 e. The maximum atomic E-state index is 12.5. The molecule has 0 saturated heterocycles. The fourth-order valence-electron chi connectivity index (χ4n) is 0.652. The molecular weight excluding hydrogens is 189 g/mol. The number of nitrogens with zero attached hydrogens (tertiary/aromatic N) is 1. The molecule has 1 aromatic rings. The third kappa shape index (κ3) is 1.97. The number of aromatic nitrogens is 1. The number of pyridine rings is 1. The molecule has 0 radical (unpaired) electrons. The van der Waals surface area contributed by atoms with Gasteiger partial charge in [-0.25, -0.2) is 8.60 Å². The number of rotatable bonds is 1. The van der Waals surface area contributed by atoms with Gasteiger partial charge >= 0.3 is 0 Å². The summed E-state index contributed by atoms with van der Waals surface area (Å²) in [7, 11) is 3.56. The van der Waals surface area contributed by atoms with Gasteiger partial charge in [-0.1, -0.05) is 0 Å². The molecule has 2 nitrogen and oxygen atoms in total. The summed E-state index contributed by atoms with van der Waals surface area (Å²) in [5.74, 6) is -0.528. The summed E-state index contributed by atoms with van der Waals surface area (Å²) in [6, 6.07) is 1.12. The van der Waals surface area contributed by atoms with Crippen LogP contribution < -0.4 is 0 Å². The van der Waals surface area contributed by atoms with Crippen LogP contribution in [0, 0.1) is 12.7 Å². The molecule has 1 atom stereocenters. The second-order valence-electron chi connectivity index (χ2n) is 1.96. The number of aryl methyl sites for hydroxylation is 1. The molecule has 0 aliphatic heterocycles. The minimum Gasteiger partial charge on any atom is -0.257 e. The highest BCUT2D eigenvalue weighted by Gasteiger charge is 2.06. The van der Waals surface area contributed by atoms with Gasteiger partial charge in [0.25, 0.3) is 0 Å². The molecule has 1 aromatic heterocycles. The van der Waals surface area contributed by atoms with Crippen LogP contribution in [0.1, 0.15) is 5.69 Å². The van der Waals surface area contributed by atoms with E-state index in [1.807, 2.05) is 0 Å². The first-order chi connectivity index (χ1) is 5.11. The molecule has 0 bridgehead atoms. The fraction of sp³-hybridized carbons (Fsp3) is 0.167. The zero-order chi connectivity index (χ0) is 8.43. The van der Waals surface area contributed by atoms with E-state index in [4.69, 9.17) is 10.7 Å². The van der Waals surface area contributed by atoms with Gasteiger partial charge in [-0.3, -0.25) is 4.98 Å². The largest absolute Gasteiger partial charge is 0.257 e. The summed E-state index contributed by atoms with van der Waals surface area (Å²) >= 11 is 0. The molecule has 1 unspecified atom stereocenters. The summed E-state index contributed by atoms with van der Waals surface area (Å²) in [6.45, 7) is 1.62. The highest BCUT2D eigenvalue weighted by Crippen LogP contribution is 2.13. The Bertz CT molecular complexity index is 305. The van der Waals surface area contributed by atoms with Crippen LogP contribution in [0.15, 0.2) is 17.2 Å². The SMILES string of the molecule is Cc1ncc(F)cc1S(=O)Cl. The van der Waals surface area contributed by atoms with E-state index in [9.17, 15) is 8.60 Å². The maximum absolute atomic E-state index is 12.5. The van der Waals surface area contributed by atoms with Crippen LogP contribution in [-0.4, -0.2) is 9.19 Å². The first kappa shape index (κ1) is 8.62. The molecule has 11 heavy (non-hydrogen) atoms. The van der Waals surface area contributed by atoms with Gasteiger partial charge in [0.1, 0.15) is 15.8 Å². The standard InChI is InChI=1S/C6H5ClFNOS/c1-4-6(11(7)10)2-5(8)3-9-4/h2-3H,1H3. The highest BCUT2D eigenvalue weighted by atomic mass is 35.7. The zero-order valence-electron chi connectivity index (χ0n) is 5.67. The second kappa shape index (κ2) is 3.28. The van der Waals surface area contributed by atoms with Crippen molar-refractivity contribution in [3.63, 3.8) is 0 Å². The second-order valence-corrected chi connectivity index (χ2v) is 3.69. The van der Waals surface area contributed by atoms with Crippen LogP contribution in [0.5, 0.6) is 0 Å².